The molecule has 1 atom stereocenters. The zero-order valence-corrected chi connectivity index (χ0v) is 10.1. The quantitative estimate of drug-likeness (QED) is 0.732. The first-order valence-electron chi connectivity index (χ1n) is 5.46. The highest BCUT2D eigenvalue weighted by molar-refractivity contribution is 5.68. The minimum atomic E-state index is -0.323. The van der Waals surface area contributed by atoms with Gasteiger partial charge in [-0.15, -0.1) is 0 Å². The Kier molecular flexibility index (Phi) is 3.60. The lowest BCUT2D eigenvalue weighted by Crippen LogP contribution is -2.42. The number of carbonyl (C=O) groups excluding carboxylic acids is 1. The first kappa shape index (κ1) is 12.3. The molecule has 88 valence electrons. The molecule has 1 saturated heterocycles. The van der Waals surface area contributed by atoms with Crippen LogP contribution in [0.25, 0.3) is 0 Å². The Hall–Kier alpha value is -0.770. The molecule has 0 saturated carbocycles. The second kappa shape index (κ2) is 4.39. The van der Waals surface area contributed by atoms with Gasteiger partial charge in [0.05, 0.1) is 6.61 Å². The van der Waals surface area contributed by atoms with Gasteiger partial charge in [-0.2, -0.15) is 0 Å². The Balaban J connectivity index is 2.28. The fraction of sp³-hybridized carbons (Fsp3) is 0.909. The average Bonchev–Trinajstić information content (AvgIpc) is 2.47. The summed E-state index contributed by atoms with van der Waals surface area (Å²) in [5, 5.41) is 6.05. The first-order chi connectivity index (χ1) is 6.81. The molecule has 4 nitrogen and oxygen atoms in total. The summed E-state index contributed by atoms with van der Waals surface area (Å²) in [5.41, 5.74) is -0.124. The lowest BCUT2D eigenvalue weighted by molar-refractivity contribution is 0.0934. The number of rotatable bonds is 2. The molecule has 1 fully saturated rings. The fourth-order valence-corrected chi connectivity index (χ4v) is 1.57. The largest absolute Gasteiger partial charge is 0.449 e. The van der Waals surface area contributed by atoms with Gasteiger partial charge in [0, 0.05) is 17.5 Å². The van der Waals surface area contributed by atoms with Gasteiger partial charge in [0.2, 0.25) is 0 Å². The van der Waals surface area contributed by atoms with Gasteiger partial charge in [0.1, 0.15) is 0 Å². The Morgan fingerprint density at radius 3 is 2.67 bits per heavy atom. The van der Waals surface area contributed by atoms with Crippen LogP contribution in [0, 0.1) is 5.41 Å². The molecule has 1 aliphatic heterocycles. The van der Waals surface area contributed by atoms with E-state index in [1.807, 2.05) is 20.8 Å². The third-order valence-corrected chi connectivity index (χ3v) is 2.49. The lowest BCUT2D eigenvalue weighted by atomic mass is 9.91. The molecular formula is C11H22N2O2. The van der Waals surface area contributed by atoms with E-state index in [1.165, 1.54) is 0 Å². The summed E-state index contributed by atoms with van der Waals surface area (Å²) in [7, 11) is 0. The molecule has 0 aromatic carbocycles. The topological polar surface area (TPSA) is 50.4 Å². The van der Waals surface area contributed by atoms with Crippen molar-refractivity contribution in [2.75, 3.05) is 19.7 Å². The molecule has 0 aromatic heterocycles. The van der Waals surface area contributed by atoms with Gasteiger partial charge in [-0.05, 0) is 33.7 Å². The Bertz CT molecular complexity index is 227. The number of ether oxygens (including phenoxy) is 1. The third-order valence-electron chi connectivity index (χ3n) is 2.49. The maximum atomic E-state index is 11.4. The van der Waals surface area contributed by atoms with Crippen molar-refractivity contribution in [3.8, 4) is 0 Å². The Morgan fingerprint density at radius 2 is 2.20 bits per heavy atom. The van der Waals surface area contributed by atoms with Gasteiger partial charge in [-0.3, -0.25) is 0 Å². The molecule has 2 N–H and O–H groups in total. The molecule has 0 spiro atoms. The molecule has 1 aliphatic rings. The van der Waals surface area contributed by atoms with Crippen LogP contribution in [-0.4, -0.2) is 31.3 Å². The van der Waals surface area contributed by atoms with Crippen molar-refractivity contribution in [1.82, 2.24) is 10.6 Å². The number of alkyl carbamates (subject to hydrolysis) is 1. The van der Waals surface area contributed by atoms with Crippen LogP contribution in [0.5, 0.6) is 0 Å². The van der Waals surface area contributed by atoms with Crippen LogP contribution < -0.4 is 10.6 Å². The highest BCUT2D eigenvalue weighted by Crippen LogP contribution is 2.24. The number of carbonyl (C=O) groups is 1. The summed E-state index contributed by atoms with van der Waals surface area (Å²) < 4.78 is 5.21. The highest BCUT2D eigenvalue weighted by atomic mass is 16.5. The highest BCUT2D eigenvalue weighted by Gasteiger charge is 2.30. The lowest BCUT2D eigenvalue weighted by Gasteiger charge is -2.25. The van der Waals surface area contributed by atoms with Gasteiger partial charge < -0.3 is 15.4 Å². The van der Waals surface area contributed by atoms with E-state index in [9.17, 15) is 4.79 Å². The number of hydrogen-bond acceptors (Lipinski definition) is 3. The number of hydrogen-bond donors (Lipinski definition) is 2. The van der Waals surface area contributed by atoms with Crippen molar-refractivity contribution >= 4 is 6.09 Å². The molecule has 1 amide bonds. The molecule has 0 bridgehead atoms. The van der Waals surface area contributed by atoms with E-state index in [0.29, 0.717) is 6.61 Å². The van der Waals surface area contributed by atoms with E-state index in [1.54, 1.807) is 0 Å². The maximum Gasteiger partial charge on any atom is 0.407 e. The van der Waals surface area contributed by atoms with Crippen molar-refractivity contribution in [2.45, 2.75) is 39.7 Å². The van der Waals surface area contributed by atoms with E-state index < -0.39 is 0 Å². The summed E-state index contributed by atoms with van der Waals surface area (Å²) in [4.78, 5) is 11.4. The zero-order valence-electron chi connectivity index (χ0n) is 10.1. The van der Waals surface area contributed by atoms with Crippen molar-refractivity contribution in [1.29, 1.82) is 0 Å². The van der Waals surface area contributed by atoms with Crippen LogP contribution in [0.4, 0.5) is 4.79 Å². The van der Waals surface area contributed by atoms with Crippen molar-refractivity contribution in [3.63, 3.8) is 0 Å². The van der Waals surface area contributed by atoms with E-state index in [0.717, 1.165) is 19.5 Å². The molecule has 0 aliphatic carbocycles. The Morgan fingerprint density at radius 1 is 1.53 bits per heavy atom. The fourth-order valence-electron chi connectivity index (χ4n) is 1.57. The first-order valence-corrected chi connectivity index (χ1v) is 5.46. The average molecular weight is 214 g/mol. The normalized spacial score (nSPS) is 26.4. The number of nitrogens with one attached hydrogen (secondary N) is 2. The van der Waals surface area contributed by atoms with Gasteiger partial charge in [0.25, 0.3) is 0 Å². The minimum Gasteiger partial charge on any atom is -0.449 e. The SMILES string of the molecule is CC1(COC(=O)NC(C)(C)C)CCNC1. The third kappa shape index (κ3) is 4.51. The second-order valence-corrected chi connectivity index (χ2v) is 5.69. The van der Waals surface area contributed by atoms with Gasteiger partial charge in [-0.25, -0.2) is 4.79 Å². The van der Waals surface area contributed by atoms with Gasteiger partial charge in [-0.1, -0.05) is 6.92 Å². The van der Waals surface area contributed by atoms with Gasteiger partial charge in [0.15, 0.2) is 0 Å². The molecule has 1 unspecified atom stereocenters. The smallest absolute Gasteiger partial charge is 0.407 e. The molecule has 1 heterocycles. The van der Waals surface area contributed by atoms with E-state index in [4.69, 9.17) is 4.74 Å². The molecule has 0 radical (unpaired) electrons. The van der Waals surface area contributed by atoms with Crippen LogP contribution in [0.1, 0.15) is 34.1 Å². The summed E-state index contributed by atoms with van der Waals surface area (Å²) in [6.45, 7) is 10.4. The van der Waals surface area contributed by atoms with Crippen LogP contribution in [0.15, 0.2) is 0 Å². The van der Waals surface area contributed by atoms with Crippen LogP contribution >= 0.6 is 0 Å². The monoisotopic (exact) mass is 214 g/mol. The molecule has 15 heavy (non-hydrogen) atoms. The maximum absolute atomic E-state index is 11.4. The molecule has 1 rings (SSSR count). The minimum absolute atomic E-state index is 0.106. The summed E-state index contributed by atoms with van der Waals surface area (Å²) in [6.07, 6.45) is 0.742. The van der Waals surface area contributed by atoms with Crippen molar-refractivity contribution in [3.05, 3.63) is 0 Å². The van der Waals surface area contributed by atoms with Crippen molar-refractivity contribution in [2.24, 2.45) is 5.41 Å². The van der Waals surface area contributed by atoms with Crippen LogP contribution in [0.2, 0.25) is 0 Å². The molecule has 0 aromatic rings. The van der Waals surface area contributed by atoms with Crippen LogP contribution in [-0.2, 0) is 4.74 Å². The zero-order chi connectivity index (χ0) is 11.5. The van der Waals surface area contributed by atoms with E-state index in [2.05, 4.69) is 17.6 Å². The van der Waals surface area contributed by atoms with Crippen molar-refractivity contribution < 1.29 is 9.53 Å². The number of amides is 1. The second-order valence-electron chi connectivity index (χ2n) is 5.69. The van der Waals surface area contributed by atoms with Gasteiger partial charge >= 0.3 is 6.09 Å². The summed E-state index contributed by atoms with van der Waals surface area (Å²) in [5.74, 6) is 0. The standard InChI is InChI=1S/C11H22N2O2/c1-10(2,3)13-9(14)15-8-11(4)5-6-12-7-11/h12H,5-8H2,1-4H3,(H,13,14). The van der Waals surface area contributed by atoms with E-state index in [-0.39, 0.29) is 17.0 Å². The Labute approximate surface area is 91.8 Å². The molecule has 4 heteroatoms. The van der Waals surface area contributed by atoms with E-state index >= 15 is 0 Å². The summed E-state index contributed by atoms with van der Waals surface area (Å²) in [6, 6.07) is 0. The summed E-state index contributed by atoms with van der Waals surface area (Å²) >= 11 is 0. The predicted molar refractivity (Wildman–Crippen MR) is 59.8 cm³/mol. The van der Waals surface area contributed by atoms with Crippen LogP contribution in [0.3, 0.4) is 0 Å². The molecular weight excluding hydrogens is 192 g/mol. The predicted octanol–water partition coefficient (Wildman–Crippen LogP) is 1.51.